The first-order chi connectivity index (χ1) is 12.3. The van der Waals surface area contributed by atoms with E-state index < -0.39 is 0 Å². The minimum atomic E-state index is -0.0621. The quantitative estimate of drug-likeness (QED) is 0.740. The van der Waals surface area contributed by atoms with Gasteiger partial charge in [-0.25, -0.2) is 0 Å². The summed E-state index contributed by atoms with van der Waals surface area (Å²) in [4.78, 5) is 4.39. The van der Waals surface area contributed by atoms with Crippen molar-refractivity contribution in [1.82, 2.24) is 5.32 Å². The van der Waals surface area contributed by atoms with Gasteiger partial charge < -0.3 is 15.4 Å². The summed E-state index contributed by atoms with van der Waals surface area (Å²) in [7, 11) is 1.80. The molecule has 0 spiro atoms. The molecule has 1 heterocycles. The number of para-hydroxylation sites is 2. The maximum Gasteiger partial charge on any atom is 0.131 e. The highest BCUT2D eigenvalue weighted by Gasteiger charge is 2.22. The summed E-state index contributed by atoms with van der Waals surface area (Å²) in [6.07, 6.45) is -0.0621. The van der Waals surface area contributed by atoms with E-state index in [-0.39, 0.29) is 6.17 Å². The summed E-state index contributed by atoms with van der Waals surface area (Å²) in [5.41, 5.74) is 3.24. The Hall–Kier alpha value is -3.27. The molecular weight excluding hydrogens is 310 g/mol. The second-order valence-corrected chi connectivity index (χ2v) is 5.83. The van der Waals surface area contributed by atoms with Crippen molar-refractivity contribution < 1.29 is 4.74 Å². The highest BCUT2D eigenvalue weighted by atomic mass is 16.5. The van der Waals surface area contributed by atoms with Gasteiger partial charge in [-0.1, -0.05) is 42.5 Å². The van der Waals surface area contributed by atoms with Crippen LogP contribution in [0, 0.1) is 0 Å². The predicted molar refractivity (Wildman–Crippen MR) is 101 cm³/mol. The van der Waals surface area contributed by atoms with E-state index in [9.17, 15) is 0 Å². The molecule has 3 aromatic carbocycles. The molecule has 1 aliphatic heterocycles. The summed E-state index contributed by atoms with van der Waals surface area (Å²) < 4.78 is 5.95. The zero-order valence-electron chi connectivity index (χ0n) is 13.9. The van der Waals surface area contributed by atoms with Gasteiger partial charge in [-0.3, -0.25) is 4.99 Å². The van der Waals surface area contributed by atoms with Crippen LogP contribution in [0.1, 0.15) is 17.3 Å². The van der Waals surface area contributed by atoms with Crippen molar-refractivity contribution in [2.24, 2.45) is 4.99 Å². The van der Waals surface area contributed by atoms with Crippen LogP contribution >= 0.6 is 0 Å². The van der Waals surface area contributed by atoms with E-state index in [0.29, 0.717) is 0 Å². The molecule has 0 bridgehead atoms. The van der Waals surface area contributed by atoms with E-state index in [2.05, 4.69) is 33.8 Å². The van der Waals surface area contributed by atoms with Crippen LogP contribution in [-0.2, 0) is 0 Å². The molecule has 0 aliphatic carbocycles. The fraction of sp³-hybridized carbons (Fsp3) is 0.0952. The van der Waals surface area contributed by atoms with Crippen molar-refractivity contribution in [3.8, 4) is 11.5 Å². The van der Waals surface area contributed by atoms with Gasteiger partial charge in [-0.2, -0.15) is 0 Å². The number of benzene rings is 3. The Morgan fingerprint density at radius 3 is 2.40 bits per heavy atom. The van der Waals surface area contributed by atoms with Crippen LogP contribution in [0.2, 0.25) is 0 Å². The van der Waals surface area contributed by atoms with E-state index in [0.717, 1.165) is 34.1 Å². The molecule has 2 N–H and O–H groups in total. The molecule has 0 saturated carbocycles. The molecule has 0 fully saturated rings. The van der Waals surface area contributed by atoms with E-state index in [1.54, 1.807) is 7.05 Å². The lowest BCUT2D eigenvalue weighted by atomic mass is 10.1. The number of fused-ring (bicyclic) bond motifs is 1. The Bertz CT molecular complexity index is 906. The first kappa shape index (κ1) is 15.3. The van der Waals surface area contributed by atoms with Crippen molar-refractivity contribution in [2.45, 2.75) is 6.17 Å². The van der Waals surface area contributed by atoms with Crippen LogP contribution in [-0.4, -0.2) is 12.9 Å². The van der Waals surface area contributed by atoms with Crippen molar-refractivity contribution in [2.75, 3.05) is 12.4 Å². The number of ether oxygens (including phenoxy) is 1. The number of hydrogen-bond donors (Lipinski definition) is 2. The third-order valence-corrected chi connectivity index (χ3v) is 4.16. The summed E-state index contributed by atoms with van der Waals surface area (Å²) in [5.74, 6) is 2.51. The Balaban J connectivity index is 1.61. The van der Waals surface area contributed by atoms with Crippen LogP contribution in [0.25, 0.3) is 0 Å². The van der Waals surface area contributed by atoms with Gasteiger partial charge in [-0.05, 0) is 42.0 Å². The number of nitrogens with one attached hydrogen (secondary N) is 2. The van der Waals surface area contributed by atoms with Crippen LogP contribution < -0.4 is 15.4 Å². The first-order valence-corrected chi connectivity index (χ1v) is 8.25. The monoisotopic (exact) mass is 329 g/mol. The van der Waals surface area contributed by atoms with E-state index in [4.69, 9.17) is 4.74 Å². The largest absolute Gasteiger partial charge is 0.457 e. The molecule has 3 aromatic rings. The van der Waals surface area contributed by atoms with Crippen LogP contribution in [0.15, 0.2) is 83.9 Å². The molecular formula is C21H19N3O. The maximum absolute atomic E-state index is 5.95. The summed E-state index contributed by atoms with van der Waals surface area (Å²) in [5, 5.41) is 6.97. The van der Waals surface area contributed by atoms with E-state index >= 15 is 0 Å². The Kier molecular flexibility index (Phi) is 4.09. The van der Waals surface area contributed by atoms with E-state index in [1.807, 2.05) is 60.7 Å². The van der Waals surface area contributed by atoms with Crippen molar-refractivity contribution in [1.29, 1.82) is 0 Å². The zero-order valence-corrected chi connectivity index (χ0v) is 13.9. The lowest BCUT2D eigenvalue weighted by Crippen LogP contribution is -2.39. The molecule has 124 valence electrons. The molecule has 0 aromatic heterocycles. The Morgan fingerprint density at radius 2 is 1.56 bits per heavy atom. The third kappa shape index (κ3) is 3.19. The predicted octanol–water partition coefficient (Wildman–Crippen LogP) is 4.57. The molecule has 0 saturated heterocycles. The molecule has 4 rings (SSSR count). The minimum Gasteiger partial charge on any atom is -0.457 e. The van der Waals surface area contributed by atoms with Gasteiger partial charge >= 0.3 is 0 Å². The van der Waals surface area contributed by atoms with Gasteiger partial charge in [0.1, 0.15) is 23.5 Å². The molecule has 0 radical (unpaired) electrons. The minimum absolute atomic E-state index is 0.0621. The maximum atomic E-state index is 5.95. The van der Waals surface area contributed by atoms with Crippen LogP contribution in [0.4, 0.5) is 5.69 Å². The van der Waals surface area contributed by atoms with Gasteiger partial charge in [0, 0.05) is 18.3 Å². The second kappa shape index (κ2) is 6.69. The van der Waals surface area contributed by atoms with Crippen molar-refractivity contribution in [3.05, 3.63) is 90.0 Å². The number of rotatable bonds is 3. The molecule has 1 atom stereocenters. The number of anilines is 1. The Labute approximate surface area is 147 Å². The number of aliphatic imine (C=N–C) groups is 1. The fourth-order valence-electron chi connectivity index (χ4n) is 2.96. The number of nitrogens with zero attached hydrogens (tertiary/aromatic N) is 1. The molecule has 1 aliphatic rings. The zero-order chi connectivity index (χ0) is 17.1. The van der Waals surface area contributed by atoms with Gasteiger partial charge in [0.25, 0.3) is 0 Å². The summed E-state index contributed by atoms with van der Waals surface area (Å²) >= 11 is 0. The van der Waals surface area contributed by atoms with Crippen LogP contribution in [0.3, 0.4) is 0 Å². The lowest BCUT2D eigenvalue weighted by Gasteiger charge is -2.30. The number of hydrogen-bond acceptors (Lipinski definition) is 3. The standard InChI is InChI=1S/C21H19N3O/c1-22-21-18-12-5-6-13-19(18)23-20(24-21)15-8-7-11-17(14-15)25-16-9-3-2-4-10-16/h2-14,20,23H,1H3,(H,22,24). The molecule has 1 unspecified atom stereocenters. The molecule has 0 amide bonds. The molecule has 4 nitrogen and oxygen atoms in total. The summed E-state index contributed by atoms with van der Waals surface area (Å²) in [6, 6.07) is 26.0. The van der Waals surface area contributed by atoms with Gasteiger partial charge in [0.2, 0.25) is 0 Å². The van der Waals surface area contributed by atoms with Gasteiger partial charge in [0.05, 0.1) is 0 Å². The highest BCUT2D eigenvalue weighted by molar-refractivity contribution is 6.05. The van der Waals surface area contributed by atoms with Gasteiger partial charge in [-0.15, -0.1) is 0 Å². The van der Waals surface area contributed by atoms with Crippen molar-refractivity contribution in [3.63, 3.8) is 0 Å². The van der Waals surface area contributed by atoms with E-state index in [1.165, 1.54) is 0 Å². The molecule has 4 heteroatoms. The topological polar surface area (TPSA) is 45.7 Å². The first-order valence-electron chi connectivity index (χ1n) is 8.25. The lowest BCUT2D eigenvalue weighted by molar-refractivity contribution is 0.481. The van der Waals surface area contributed by atoms with Gasteiger partial charge in [0.15, 0.2) is 0 Å². The number of amidine groups is 1. The fourth-order valence-corrected chi connectivity index (χ4v) is 2.96. The van der Waals surface area contributed by atoms with Crippen LogP contribution in [0.5, 0.6) is 11.5 Å². The van der Waals surface area contributed by atoms with Crippen molar-refractivity contribution >= 4 is 11.5 Å². The SMILES string of the molecule is CN=C1NC(c2cccc(Oc3ccccc3)c2)Nc2ccccc21. The Morgan fingerprint density at radius 1 is 0.800 bits per heavy atom. The normalized spacial score (nSPS) is 17.3. The molecule has 25 heavy (non-hydrogen) atoms. The second-order valence-electron chi connectivity index (χ2n) is 5.83. The average Bonchev–Trinajstić information content (AvgIpc) is 2.68. The summed E-state index contributed by atoms with van der Waals surface area (Å²) in [6.45, 7) is 0. The third-order valence-electron chi connectivity index (χ3n) is 4.16. The average molecular weight is 329 g/mol. The smallest absolute Gasteiger partial charge is 0.131 e. The highest BCUT2D eigenvalue weighted by Crippen LogP contribution is 2.29.